The number of H-pyrrole nitrogens is 2. The normalized spacial score (nSPS) is 19.8. The van der Waals surface area contributed by atoms with Crippen molar-refractivity contribution in [3.05, 3.63) is 101 Å². The highest BCUT2D eigenvalue weighted by atomic mass is 35.5. The summed E-state index contributed by atoms with van der Waals surface area (Å²) < 4.78 is 33.5. The lowest BCUT2D eigenvalue weighted by Gasteiger charge is -2.45. The van der Waals surface area contributed by atoms with E-state index in [9.17, 15) is 13.6 Å². The van der Waals surface area contributed by atoms with Crippen LogP contribution < -0.4 is 4.90 Å². The molecule has 5 nitrogen and oxygen atoms in total. The molecule has 38 heavy (non-hydrogen) atoms. The van der Waals surface area contributed by atoms with E-state index in [1.54, 1.807) is 31.2 Å². The molecule has 3 atom stereocenters. The molecule has 6 rings (SSSR count). The van der Waals surface area contributed by atoms with E-state index in [1.807, 2.05) is 24.5 Å². The summed E-state index contributed by atoms with van der Waals surface area (Å²) in [6, 6.07) is 16.0. The Morgan fingerprint density at radius 1 is 0.921 bits per heavy atom. The van der Waals surface area contributed by atoms with Gasteiger partial charge in [-0.3, -0.25) is 0 Å². The van der Waals surface area contributed by atoms with Gasteiger partial charge >= 0.3 is 5.97 Å². The second-order valence-electron chi connectivity index (χ2n) is 9.70. The van der Waals surface area contributed by atoms with E-state index >= 15 is 0 Å². The molecule has 0 bridgehead atoms. The van der Waals surface area contributed by atoms with Crippen molar-refractivity contribution in [1.29, 1.82) is 0 Å². The van der Waals surface area contributed by atoms with Crippen LogP contribution in [0.5, 0.6) is 0 Å². The summed E-state index contributed by atoms with van der Waals surface area (Å²) in [5.74, 6) is -0.967. The van der Waals surface area contributed by atoms with Gasteiger partial charge in [-0.2, -0.15) is 0 Å². The van der Waals surface area contributed by atoms with Crippen LogP contribution in [0, 0.1) is 11.6 Å². The number of carbonyl (C=O) groups is 1. The van der Waals surface area contributed by atoms with Gasteiger partial charge in [-0.15, -0.1) is 0 Å². The molecule has 1 aliphatic rings. The summed E-state index contributed by atoms with van der Waals surface area (Å²) >= 11 is 6.20. The van der Waals surface area contributed by atoms with E-state index in [1.165, 1.54) is 24.3 Å². The van der Waals surface area contributed by atoms with Gasteiger partial charge in [0.25, 0.3) is 0 Å². The third kappa shape index (κ3) is 4.31. The number of rotatable bonds is 5. The Morgan fingerprint density at radius 3 is 2.16 bits per heavy atom. The number of benzene rings is 3. The minimum atomic E-state index is -0.587. The molecular weight excluding hydrogens is 508 g/mol. The molecule has 3 heterocycles. The molecule has 1 saturated heterocycles. The van der Waals surface area contributed by atoms with Gasteiger partial charge in [0.05, 0.1) is 12.6 Å². The van der Waals surface area contributed by atoms with Crippen molar-refractivity contribution in [2.24, 2.45) is 0 Å². The summed E-state index contributed by atoms with van der Waals surface area (Å²) in [5.41, 5.74) is 4.23. The molecule has 2 aromatic heterocycles. The topological polar surface area (TPSA) is 61.1 Å². The number of hydrogen-bond donors (Lipinski definition) is 2. The Labute approximate surface area is 223 Å². The first-order valence-corrected chi connectivity index (χ1v) is 13.0. The fraction of sp³-hybridized carbons (Fsp3) is 0.233. The summed E-state index contributed by atoms with van der Waals surface area (Å²) in [4.78, 5) is 22.0. The van der Waals surface area contributed by atoms with Crippen LogP contribution in [0.3, 0.4) is 0 Å². The molecular formula is C30H26ClF2N3O2. The van der Waals surface area contributed by atoms with Gasteiger partial charge in [0.15, 0.2) is 0 Å². The van der Waals surface area contributed by atoms with E-state index in [0.717, 1.165) is 27.6 Å². The molecule has 8 heteroatoms. The van der Waals surface area contributed by atoms with Crippen LogP contribution in [0.4, 0.5) is 14.5 Å². The van der Waals surface area contributed by atoms with Gasteiger partial charge in [0.1, 0.15) is 17.7 Å². The number of esters is 1. The zero-order valence-electron chi connectivity index (χ0n) is 20.7. The molecule has 0 unspecified atom stereocenters. The first kappa shape index (κ1) is 24.5. The van der Waals surface area contributed by atoms with E-state index in [-0.39, 0.29) is 36.2 Å². The second-order valence-corrected chi connectivity index (χ2v) is 10.1. The molecule has 0 spiro atoms. The first-order chi connectivity index (χ1) is 18.4. The van der Waals surface area contributed by atoms with E-state index in [4.69, 9.17) is 16.3 Å². The number of ether oxygens (including phenoxy) is 1. The van der Waals surface area contributed by atoms with Crippen molar-refractivity contribution in [2.75, 3.05) is 11.5 Å². The third-order valence-electron chi connectivity index (χ3n) is 7.52. The monoisotopic (exact) mass is 533 g/mol. The molecule has 194 valence electrons. The van der Waals surface area contributed by atoms with Crippen LogP contribution in [-0.4, -0.2) is 28.6 Å². The van der Waals surface area contributed by atoms with Crippen molar-refractivity contribution in [1.82, 2.24) is 9.97 Å². The maximum absolute atomic E-state index is 14.0. The Morgan fingerprint density at radius 2 is 1.53 bits per heavy atom. The lowest BCUT2D eigenvalue weighted by atomic mass is 9.79. The lowest BCUT2D eigenvalue weighted by molar-refractivity contribution is -0.145. The van der Waals surface area contributed by atoms with Crippen molar-refractivity contribution in [2.45, 2.75) is 37.8 Å². The number of nitrogens with zero attached hydrogens (tertiary/aromatic N) is 1. The van der Waals surface area contributed by atoms with Crippen LogP contribution in [0.25, 0.3) is 21.8 Å². The maximum atomic E-state index is 14.0. The Balaban J connectivity index is 1.52. The number of halogens is 3. The summed E-state index contributed by atoms with van der Waals surface area (Å²) in [7, 11) is 0. The second kappa shape index (κ2) is 9.80. The van der Waals surface area contributed by atoms with Gasteiger partial charge in [0, 0.05) is 44.9 Å². The molecule has 0 amide bonds. The molecule has 0 aliphatic carbocycles. The molecule has 3 aromatic carbocycles. The first-order valence-electron chi connectivity index (χ1n) is 12.7. The summed E-state index contributed by atoms with van der Waals surface area (Å²) in [6.45, 7) is 2.06. The number of anilines is 1. The van der Waals surface area contributed by atoms with E-state index < -0.39 is 6.04 Å². The maximum Gasteiger partial charge on any atom is 0.328 e. The summed E-state index contributed by atoms with van der Waals surface area (Å²) in [6.07, 6.45) is 5.00. The number of piperidine rings is 1. The lowest BCUT2D eigenvalue weighted by Crippen LogP contribution is -2.49. The van der Waals surface area contributed by atoms with E-state index in [0.29, 0.717) is 28.9 Å². The number of nitrogens with one attached hydrogen (secondary N) is 2. The zero-order chi connectivity index (χ0) is 26.4. The Bertz CT molecular complexity index is 1630. The van der Waals surface area contributed by atoms with Crippen molar-refractivity contribution < 1.29 is 18.3 Å². The molecule has 1 aliphatic heterocycles. The zero-order valence-corrected chi connectivity index (χ0v) is 21.4. The van der Waals surface area contributed by atoms with Crippen LogP contribution in [0.2, 0.25) is 5.02 Å². The number of carbonyl (C=O) groups excluding carboxylic acids is 1. The molecule has 5 aromatic rings. The van der Waals surface area contributed by atoms with Crippen LogP contribution in [0.15, 0.2) is 73.1 Å². The number of fused-ring (bicyclic) bond motifs is 2. The highest BCUT2D eigenvalue weighted by Gasteiger charge is 2.42. The van der Waals surface area contributed by atoms with Gasteiger partial charge in [-0.25, -0.2) is 13.6 Å². The van der Waals surface area contributed by atoms with Crippen LogP contribution in [-0.2, 0) is 9.53 Å². The quantitative estimate of drug-likeness (QED) is 0.228. The average Bonchev–Trinajstić information content (AvgIpc) is 3.52. The minimum absolute atomic E-state index is 0.0254. The van der Waals surface area contributed by atoms with Crippen molar-refractivity contribution >= 4 is 45.1 Å². The Kier molecular flexibility index (Phi) is 6.32. The molecule has 0 saturated carbocycles. The molecule has 0 radical (unpaired) electrons. The number of aromatic nitrogens is 2. The van der Waals surface area contributed by atoms with Gasteiger partial charge in [-0.05, 0) is 97.5 Å². The smallest absolute Gasteiger partial charge is 0.328 e. The van der Waals surface area contributed by atoms with Gasteiger partial charge in [0.2, 0.25) is 0 Å². The van der Waals surface area contributed by atoms with Crippen molar-refractivity contribution in [3.63, 3.8) is 0 Å². The standard InChI is InChI=1S/C30H26ClF2N3O2/c1-2-38-30(37)29-12-17(24-15-34-26-13-19(32)5-9-22(24)26)11-28(36(29)21-7-3-18(31)4-8-21)25-16-35-27-14-20(33)6-10-23(25)27/h3-10,13-17,28-29,34-35H,2,11-12H2,1H3/t17-,28-,29-/m0/s1. The number of hydrogen-bond acceptors (Lipinski definition) is 3. The highest BCUT2D eigenvalue weighted by molar-refractivity contribution is 6.30. The predicted molar refractivity (Wildman–Crippen MR) is 146 cm³/mol. The Hall–Kier alpha value is -3.84. The highest BCUT2D eigenvalue weighted by Crippen LogP contribution is 2.48. The van der Waals surface area contributed by atoms with Gasteiger partial charge < -0.3 is 19.6 Å². The summed E-state index contributed by atoms with van der Waals surface area (Å²) in [5, 5.41) is 2.42. The largest absolute Gasteiger partial charge is 0.464 e. The van der Waals surface area contributed by atoms with Crippen molar-refractivity contribution in [3.8, 4) is 0 Å². The minimum Gasteiger partial charge on any atom is -0.464 e. The predicted octanol–water partition coefficient (Wildman–Crippen LogP) is 7.64. The number of aromatic amines is 2. The molecule has 1 fully saturated rings. The van der Waals surface area contributed by atoms with Crippen LogP contribution in [0.1, 0.15) is 42.9 Å². The van der Waals surface area contributed by atoms with E-state index in [2.05, 4.69) is 14.9 Å². The van der Waals surface area contributed by atoms with Crippen LogP contribution >= 0.6 is 11.6 Å². The molecule has 2 N–H and O–H groups in total. The van der Waals surface area contributed by atoms with Gasteiger partial charge in [-0.1, -0.05) is 11.6 Å². The SMILES string of the molecule is CCOC(=O)[C@@H]1C[C@@H](c2c[nH]c3cc(F)ccc23)C[C@@H](c2c[nH]c3cc(F)ccc23)N1c1ccc(Cl)cc1. The third-order valence-corrected chi connectivity index (χ3v) is 7.77. The fourth-order valence-corrected chi connectivity index (χ4v) is 6.01. The average molecular weight is 534 g/mol. The fourth-order valence-electron chi connectivity index (χ4n) is 5.89.